The molecule has 29 heavy (non-hydrogen) atoms. The minimum Gasteiger partial charge on any atom is -0.333 e. The van der Waals surface area contributed by atoms with E-state index in [0.29, 0.717) is 0 Å². The molecule has 0 saturated heterocycles. The van der Waals surface area contributed by atoms with Crippen LogP contribution in [0, 0.1) is 0 Å². The van der Waals surface area contributed by atoms with Gasteiger partial charge < -0.3 is 10.2 Å². The summed E-state index contributed by atoms with van der Waals surface area (Å²) < 4.78 is 202. The molecule has 2 N–H and O–H groups in total. The molecule has 5 nitrogen and oxygen atoms in total. The standard InChI is InChI=1S/C8H2F16O5/c9-1(10,11)3(14,15)29-8(24,26)7(22,23)28-6(20,21)5(18,19)27-4(16,17)2(12,13)25/h25-26H. The van der Waals surface area contributed by atoms with Crippen LogP contribution in [0.5, 0.6) is 0 Å². The fourth-order valence-electron chi connectivity index (χ4n) is 0.852. The van der Waals surface area contributed by atoms with Gasteiger partial charge in [-0.2, -0.15) is 70.2 Å². The molecule has 0 fully saturated rings. The zero-order valence-electron chi connectivity index (χ0n) is 12.2. The van der Waals surface area contributed by atoms with Gasteiger partial charge in [0.05, 0.1) is 0 Å². The molecule has 0 spiro atoms. The van der Waals surface area contributed by atoms with Crippen molar-refractivity contribution < 1.29 is 94.7 Å². The van der Waals surface area contributed by atoms with Crippen LogP contribution in [0.1, 0.15) is 0 Å². The Hall–Kier alpha value is -1.32. The summed E-state index contributed by atoms with van der Waals surface area (Å²) in [6.07, 6.45) is -50.1. The SMILES string of the molecule is OC(F)(F)C(F)(F)OC(F)(F)C(F)(F)OC(F)(F)C(O)(F)OC(F)(F)C(F)(F)F. The minimum absolute atomic E-state index is 1.42. The van der Waals surface area contributed by atoms with Crippen molar-refractivity contribution >= 4 is 0 Å². The molecule has 0 aliphatic carbocycles. The van der Waals surface area contributed by atoms with Crippen LogP contribution in [0.4, 0.5) is 70.2 Å². The first-order chi connectivity index (χ1) is 12.1. The van der Waals surface area contributed by atoms with Crippen LogP contribution in [0.25, 0.3) is 0 Å². The van der Waals surface area contributed by atoms with Crippen molar-refractivity contribution in [1.82, 2.24) is 0 Å². The molecule has 176 valence electrons. The molecule has 0 aliphatic heterocycles. The molecule has 0 aromatic heterocycles. The first-order valence-electron chi connectivity index (χ1n) is 5.70. The van der Waals surface area contributed by atoms with Crippen molar-refractivity contribution in [3.63, 3.8) is 0 Å². The maximum Gasteiger partial charge on any atom is 0.483 e. The average Bonchev–Trinajstić information content (AvgIpc) is 2.30. The van der Waals surface area contributed by atoms with E-state index in [1.807, 2.05) is 0 Å². The number of halogens is 16. The third kappa shape index (κ3) is 5.86. The highest BCUT2D eigenvalue weighted by Crippen LogP contribution is 2.50. The molecule has 0 saturated carbocycles. The Balaban J connectivity index is 5.78. The highest BCUT2D eigenvalue weighted by molar-refractivity contribution is 4.79. The molecule has 0 radical (unpaired) electrons. The fraction of sp³-hybridized carbons (Fsp3) is 1.00. The third-order valence-corrected chi connectivity index (χ3v) is 2.15. The van der Waals surface area contributed by atoms with E-state index in [0.717, 1.165) is 0 Å². The van der Waals surface area contributed by atoms with Gasteiger partial charge in [0, 0.05) is 0 Å². The predicted octanol–water partition coefficient (Wildman–Crippen LogP) is 3.76. The lowest BCUT2D eigenvalue weighted by Crippen LogP contribution is -2.61. The lowest BCUT2D eigenvalue weighted by atomic mass is 10.4. The van der Waals surface area contributed by atoms with Gasteiger partial charge in [-0.25, -0.2) is 14.2 Å². The van der Waals surface area contributed by atoms with Crippen molar-refractivity contribution in [2.45, 2.75) is 48.9 Å². The molecule has 21 heteroatoms. The van der Waals surface area contributed by atoms with Crippen molar-refractivity contribution in [2.24, 2.45) is 0 Å². The topological polar surface area (TPSA) is 68.2 Å². The quantitative estimate of drug-likeness (QED) is 0.387. The second-order valence-electron chi connectivity index (χ2n) is 4.49. The van der Waals surface area contributed by atoms with Crippen LogP contribution in [0.15, 0.2) is 0 Å². The zero-order valence-corrected chi connectivity index (χ0v) is 12.2. The van der Waals surface area contributed by atoms with Gasteiger partial charge >= 0.3 is 48.9 Å². The largest absolute Gasteiger partial charge is 0.483 e. The average molecular weight is 482 g/mol. The van der Waals surface area contributed by atoms with Crippen LogP contribution in [-0.2, 0) is 14.2 Å². The molecule has 0 aromatic carbocycles. The van der Waals surface area contributed by atoms with Crippen molar-refractivity contribution in [3.8, 4) is 0 Å². The van der Waals surface area contributed by atoms with E-state index >= 15 is 0 Å². The highest BCUT2D eigenvalue weighted by atomic mass is 19.4. The van der Waals surface area contributed by atoms with Crippen LogP contribution < -0.4 is 0 Å². The van der Waals surface area contributed by atoms with Gasteiger partial charge in [0.1, 0.15) is 0 Å². The summed E-state index contributed by atoms with van der Waals surface area (Å²) in [5.74, 6) is 0. The van der Waals surface area contributed by atoms with Gasteiger partial charge in [-0.3, -0.25) is 0 Å². The Morgan fingerprint density at radius 2 is 0.690 bits per heavy atom. The van der Waals surface area contributed by atoms with Gasteiger partial charge in [0.2, 0.25) is 0 Å². The predicted molar refractivity (Wildman–Crippen MR) is 47.3 cm³/mol. The highest BCUT2D eigenvalue weighted by Gasteiger charge is 2.76. The van der Waals surface area contributed by atoms with Crippen molar-refractivity contribution in [2.75, 3.05) is 0 Å². The summed E-state index contributed by atoms with van der Waals surface area (Å²) in [6.45, 7) is 0. The zero-order chi connectivity index (χ0) is 24.1. The van der Waals surface area contributed by atoms with Crippen LogP contribution in [0.2, 0.25) is 0 Å². The van der Waals surface area contributed by atoms with Gasteiger partial charge in [0.15, 0.2) is 0 Å². The lowest BCUT2D eigenvalue weighted by Gasteiger charge is -2.35. The van der Waals surface area contributed by atoms with E-state index in [1.54, 1.807) is 0 Å². The number of ether oxygens (including phenoxy) is 3. The first-order valence-corrected chi connectivity index (χ1v) is 5.70. The summed E-state index contributed by atoms with van der Waals surface area (Å²) in [5, 5.41) is 15.5. The summed E-state index contributed by atoms with van der Waals surface area (Å²) >= 11 is 0. The van der Waals surface area contributed by atoms with Crippen LogP contribution in [-0.4, -0.2) is 59.1 Å². The summed E-state index contributed by atoms with van der Waals surface area (Å²) in [6, 6.07) is -7.00. The second kappa shape index (κ2) is 7.13. The Morgan fingerprint density at radius 3 is 0.966 bits per heavy atom. The maximum absolute atomic E-state index is 12.9. The molecule has 0 heterocycles. The maximum atomic E-state index is 12.9. The number of aliphatic hydroxyl groups is 2. The molecular weight excluding hydrogens is 480 g/mol. The normalized spacial score (nSPS) is 18.0. The number of rotatable bonds is 9. The Morgan fingerprint density at radius 1 is 0.379 bits per heavy atom. The molecule has 0 aliphatic rings. The van der Waals surface area contributed by atoms with E-state index in [9.17, 15) is 70.2 Å². The molecule has 1 atom stereocenters. The molecule has 0 bridgehead atoms. The summed E-state index contributed by atoms with van der Waals surface area (Å²) in [5.41, 5.74) is 0. The van der Waals surface area contributed by atoms with E-state index in [2.05, 4.69) is 0 Å². The molecule has 0 amide bonds. The van der Waals surface area contributed by atoms with Crippen LogP contribution >= 0.6 is 0 Å². The van der Waals surface area contributed by atoms with Crippen LogP contribution in [0.3, 0.4) is 0 Å². The van der Waals surface area contributed by atoms with E-state index < -0.39 is 48.9 Å². The van der Waals surface area contributed by atoms with E-state index in [-0.39, 0.29) is 0 Å². The molecular formula is C8H2F16O5. The fourth-order valence-corrected chi connectivity index (χ4v) is 0.852. The monoisotopic (exact) mass is 482 g/mol. The Labute approximate surface area is 145 Å². The summed E-state index contributed by atoms with van der Waals surface area (Å²) in [4.78, 5) is 0. The molecule has 1 unspecified atom stereocenters. The van der Waals surface area contributed by atoms with Gasteiger partial charge in [-0.1, -0.05) is 0 Å². The molecule has 0 aromatic rings. The Kier molecular flexibility index (Phi) is 6.80. The van der Waals surface area contributed by atoms with Crippen molar-refractivity contribution in [1.29, 1.82) is 0 Å². The number of hydrogen-bond donors (Lipinski definition) is 2. The van der Waals surface area contributed by atoms with E-state index in [1.165, 1.54) is 14.2 Å². The minimum atomic E-state index is -7.47. The molecule has 0 rings (SSSR count). The smallest absolute Gasteiger partial charge is 0.333 e. The number of hydrogen-bond acceptors (Lipinski definition) is 5. The van der Waals surface area contributed by atoms with E-state index in [4.69, 9.17) is 10.2 Å². The summed E-state index contributed by atoms with van der Waals surface area (Å²) in [7, 11) is 0. The van der Waals surface area contributed by atoms with Gasteiger partial charge in [-0.05, 0) is 0 Å². The van der Waals surface area contributed by atoms with Crippen molar-refractivity contribution in [3.05, 3.63) is 0 Å². The first kappa shape index (κ1) is 27.7. The second-order valence-corrected chi connectivity index (χ2v) is 4.49. The number of alkyl halides is 16. The Bertz CT molecular complexity index is 527. The van der Waals surface area contributed by atoms with Gasteiger partial charge in [-0.15, -0.1) is 0 Å². The third-order valence-electron chi connectivity index (χ3n) is 2.15. The lowest BCUT2D eigenvalue weighted by molar-refractivity contribution is -0.585. The van der Waals surface area contributed by atoms with Gasteiger partial charge in [0.25, 0.3) is 0 Å².